The standard InChI is InChI=1S/C13H23P/c1-14-11-7-3-2-5-9-13(11)10-6-4-8-12(13)14/h11-12H,2-10H2,1H3. The Kier molecular flexibility index (Phi) is 2.39. The zero-order valence-electron chi connectivity index (χ0n) is 9.47. The molecular weight excluding hydrogens is 187 g/mol. The first-order valence-corrected chi connectivity index (χ1v) is 8.49. The molecule has 2 saturated carbocycles. The van der Waals surface area contributed by atoms with Crippen molar-refractivity contribution in [2.75, 3.05) is 6.66 Å². The maximum atomic E-state index is 2.61. The Labute approximate surface area is 89.6 Å². The van der Waals surface area contributed by atoms with Crippen LogP contribution >= 0.6 is 7.92 Å². The lowest BCUT2D eigenvalue weighted by molar-refractivity contribution is 0.141. The highest BCUT2D eigenvalue weighted by Gasteiger charge is 2.59. The van der Waals surface area contributed by atoms with Gasteiger partial charge in [-0.05, 0) is 49.1 Å². The summed E-state index contributed by atoms with van der Waals surface area (Å²) in [5.74, 6) is 0. The van der Waals surface area contributed by atoms with Crippen molar-refractivity contribution in [2.45, 2.75) is 69.1 Å². The van der Waals surface area contributed by atoms with Gasteiger partial charge in [0.25, 0.3) is 0 Å². The Bertz CT molecular complexity index is 225. The van der Waals surface area contributed by atoms with E-state index in [-0.39, 0.29) is 0 Å². The maximum Gasteiger partial charge on any atom is -0.0146 e. The fraction of sp³-hybridized carbons (Fsp3) is 1.00. The van der Waals surface area contributed by atoms with Gasteiger partial charge in [-0.15, -0.1) is 7.92 Å². The van der Waals surface area contributed by atoms with E-state index in [1.165, 1.54) is 17.7 Å². The normalized spacial score (nSPS) is 52.5. The van der Waals surface area contributed by atoms with Crippen LogP contribution < -0.4 is 0 Å². The van der Waals surface area contributed by atoms with Crippen LogP contribution in [0.2, 0.25) is 0 Å². The Morgan fingerprint density at radius 1 is 0.857 bits per heavy atom. The van der Waals surface area contributed by atoms with Gasteiger partial charge in [0.2, 0.25) is 0 Å². The van der Waals surface area contributed by atoms with Crippen molar-refractivity contribution in [1.29, 1.82) is 0 Å². The third-order valence-electron chi connectivity index (χ3n) is 5.30. The van der Waals surface area contributed by atoms with Crippen LogP contribution in [-0.4, -0.2) is 18.0 Å². The largest absolute Gasteiger partial charge is 0.102 e. The Morgan fingerprint density at radius 3 is 2.14 bits per heavy atom. The molecule has 0 aromatic rings. The zero-order valence-corrected chi connectivity index (χ0v) is 10.4. The molecule has 1 heteroatoms. The van der Waals surface area contributed by atoms with E-state index in [1.807, 2.05) is 0 Å². The van der Waals surface area contributed by atoms with Crippen molar-refractivity contribution in [1.82, 2.24) is 0 Å². The summed E-state index contributed by atoms with van der Waals surface area (Å²) >= 11 is 0. The molecule has 3 fully saturated rings. The van der Waals surface area contributed by atoms with Crippen LogP contribution in [0.5, 0.6) is 0 Å². The summed E-state index contributed by atoms with van der Waals surface area (Å²) in [6, 6.07) is 0. The summed E-state index contributed by atoms with van der Waals surface area (Å²) in [6.07, 6.45) is 14.1. The molecule has 14 heavy (non-hydrogen) atoms. The maximum absolute atomic E-state index is 2.61. The first-order valence-electron chi connectivity index (χ1n) is 6.56. The molecule has 2 aliphatic carbocycles. The first kappa shape index (κ1) is 9.64. The van der Waals surface area contributed by atoms with Gasteiger partial charge in [0.05, 0.1) is 0 Å². The van der Waals surface area contributed by atoms with Crippen LogP contribution in [0.15, 0.2) is 0 Å². The van der Waals surface area contributed by atoms with Gasteiger partial charge < -0.3 is 0 Å². The molecule has 0 aromatic carbocycles. The SMILES string of the molecule is CP1C2CCCCCC23CCCCC13. The van der Waals surface area contributed by atoms with Crippen molar-refractivity contribution in [3.8, 4) is 0 Å². The average Bonchev–Trinajstić information content (AvgIpc) is 2.38. The second-order valence-electron chi connectivity index (χ2n) is 5.78. The molecule has 1 spiro atoms. The summed E-state index contributed by atoms with van der Waals surface area (Å²) in [4.78, 5) is 0. The topological polar surface area (TPSA) is 0 Å². The highest BCUT2D eigenvalue weighted by Crippen LogP contribution is 2.75. The number of hydrogen-bond donors (Lipinski definition) is 0. The molecule has 80 valence electrons. The monoisotopic (exact) mass is 210 g/mol. The molecule has 4 atom stereocenters. The summed E-state index contributed by atoms with van der Waals surface area (Å²) in [5.41, 5.74) is 3.30. The van der Waals surface area contributed by atoms with E-state index < -0.39 is 0 Å². The Morgan fingerprint density at radius 2 is 1.43 bits per heavy atom. The third kappa shape index (κ3) is 1.16. The van der Waals surface area contributed by atoms with Gasteiger partial charge in [0.15, 0.2) is 0 Å². The highest BCUT2D eigenvalue weighted by molar-refractivity contribution is 7.60. The summed E-state index contributed by atoms with van der Waals surface area (Å²) in [6.45, 7) is 2.61. The Hall–Kier alpha value is 0.430. The van der Waals surface area contributed by atoms with Gasteiger partial charge >= 0.3 is 0 Å². The van der Waals surface area contributed by atoms with E-state index in [9.17, 15) is 0 Å². The van der Waals surface area contributed by atoms with Crippen LogP contribution in [0.1, 0.15) is 57.8 Å². The van der Waals surface area contributed by atoms with Crippen molar-refractivity contribution < 1.29 is 0 Å². The van der Waals surface area contributed by atoms with E-state index in [4.69, 9.17) is 0 Å². The zero-order chi connectivity index (χ0) is 9.60. The van der Waals surface area contributed by atoms with Gasteiger partial charge in [0, 0.05) is 0 Å². The number of rotatable bonds is 0. The predicted octanol–water partition coefficient (Wildman–Crippen LogP) is 4.37. The highest BCUT2D eigenvalue weighted by atomic mass is 31.1. The number of hydrogen-bond acceptors (Lipinski definition) is 0. The molecule has 3 aliphatic rings. The molecule has 1 saturated heterocycles. The first-order chi connectivity index (χ1) is 6.84. The molecule has 0 aromatic heterocycles. The molecule has 0 N–H and O–H groups in total. The van der Waals surface area contributed by atoms with Crippen LogP contribution in [0.3, 0.4) is 0 Å². The summed E-state index contributed by atoms with van der Waals surface area (Å²) in [5, 5.41) is 0. The van der Waals surface area contributed by atoms with Crippen LogP contribution in [-0.2, 0) is 0 Å². The quantitative estimate of drug-likeness (QED) is 0.521. The Balaban J connectivity index is 1.85. The fourth-order valence-electron chi connectivity index (χ4n) is 4.70. The van der Waals surface area contributed by atoms with Gasteiger partial charge in [-0.2, -0.15) is 0 Å². The lowest BCUT2D eigenvalue weighted by atomic mass is 9.67. The van der Waals surface area contributed by atoms with E-state index in [2.05, 4.69) is 6.66 Å². The minimum atomic E-state index is 0.441. The van der Waals surface area contributed by atoms with Gasteiger partial charge in [-0.1, -0.05) is 32.1 Å². The van der Waals surface area contributed by atoms with E-state index in [0.29, 0.717) is 7.92 Å². The van der Waals surface area contributed by atoms with Gasteiger partial charge in [-0.3, -0.25) is 0 Å². The molecule has 1 aliphatic heterocycles. The van der Waals surface area contributed by atoms with Crippen molar-refractivity contribution in [3.05, 3.63) is 0 Å². The van der Waals surface area contributed by atoms with E-state index in [1.54, 1.807) is 51.4 Å². The van der Waals surface area contributed by atoms with Crippen molar-refractivity contribution in [2.24, 2.45) is 5.41 Å². The third-order valence-corrected chi connectivity index (χ3v) is 8.81. The van der Waals surface area contributed by atoms with Crippen LogP contribution in [0.25, 0.3) is 0 Å². The second kappa shape index (κ2) is 3.48. The lowest BCUT2D eigenvalue weighted by Crippen LogP contribution is -2.55. The van der Waals surface area contributed by atoms with Crippen LogP contribution in [0, 0.1) is 5.41 Å². The summed E-state index contributed by atoms with van der Waals surface area (Å²) < 4.78 is 0. The minimum Gasteiger partial charge on any atom is -0.102 e. The van der Waals surface area contributed by atoms with Crippen molar-refractivity contribution in [3.63, 3.8) is 0 Å². The molecule has 1 heterocycles. The van der Waals surface area contributed by atoms with Gasteiger partial charge in [-0.25, -0.2) is 0 Å². The fourth-order valence-corrected chi connectivity index (χ4v) is 8.57. The molecular formula is C13H23P. The van der Waals surface area contributed by atoms with E-state index >= 15 is 0 Å². The van der Waals surface area contributed by atoms with Gasteiger partial charge in [0.1, 0.15) is 0 Å². The smallest absolute Gasteiger partial charge is 0.0146 e. The molecule has 0 bridgehead atoms. The van der Waals surface area contributed by atoms with E-state index in [0.717, 1.165) is 5.41 Å². The molecule has 0 radical (unpaired) electrons. The molecule has 0 nitrogen and oxygen atoms in total. The van der Waals surface area contributed by atoms with Crippen LogP contribution in [0.4, 0.5) is 0 Å². The summed E-state index contributed by atoms with van der Waals surface area (Å²) in [7, 11) is 0.441. The molecule has 3 rings (SSSR count). The lowest BCUT2D eigenvalue weighted by Gasteiger charge is -2.63. The molecule has 0 amide bonds. The average molecular weight is 210 g/mol. The minimum absolute atomic E-state index is 0.441. The van der Waals surface area contributed by atoms with Crippen molar-refractivity contribution >= 4 is 7.92 Å². The molecule has 4 unspecified atom stereocenters. The second-order valence-corrected chi connectivity index (χ2v) is 8.35. The predicted molar refractivity (Wildman–Crippen MR) is 64.4 cm³/mol.